The molecule has 3 rings (SSSR count). The van der Waals surface area contributed by atoms with E-state index in [4.69, 9.17) is 28.6 Å². The molecule has 0 bridgehead atoms. The highest BCUT2D eigenvalue weighted by atomic mass is 31.2. The molecule has 18 nitrogen and oxygen atoms in total. The standard InChI is InChI=1S/C22H37N7O11P2/c1-5-36-41(34,37-6-2)22(42(35,38-7-3)39-8-4)28-13(30)9-10-24-20(33)17-15(31)16(32)21(40-17)29-12-27-14-18(23)25-11-26-19(14)29/h11-12,15-17,21-22,31-32H,5-10H2,1-4H3,(H,24,33)(H,28,30)(H2,23,25,26)/t15-,16+,17-,21+/m0/s1. The van der Waals surface area contributed by atoms with Crippen molar-refractivity contribution in [1.29, 1.82) is 0 Å². The summed E-state index contributed by atoms with van der Waals surface area (Å²) < 4.78 is 55.3. The van der Waals surface area contributed by atoms with E-state index in [0.717, 1.165) is 0 Å². The van der Waals surface area contributed by atoms with Crippen molar-refractivity contribution in [1.82, 2.24) is 30.2 Å². The van der Waals surface area contributed by atoms with Crippen molar-refractivity contribution in [2.45, 2.75) is 64.2 Å². The second kappa shape index (κ2) is 14.8. The first-order valence-electron chi connectivity index (χ1n) is 13.2. The lowest BCUT2D eigenvalue weighted by molar-refractivity contribution is -0.137. The van der Waals surface area contributed by atoms with E-state index in [2.05, 4.69) is 25.6 Å². The van der Waals surface area contributed by atoms with E-state index in [1.54, 1.807) is 27.7 Å². The van der Waals surface area contributed by atoms with E-state index in [-0.39, 0.29) is 56.4 Å². The predicted octanol–water partition coefficient (Wildman–Crippen LogP) is 0.466. The number of nitrogens with two attached hydrogens (primary N) is 1. The Morgan fingerprint density at radius 2 is 1.57 bits per heavy atom. The Labute approximate surface area is 241 Å². The van der Waals surface area contributed by atoms with Crippen molar-refractivity contribution < 1.29 is 51.8 Å². The number of anilines is 1. The molecule has 42 heavy (non-hydrogen) atoms. The maximum absolute atomic E-state index is 13.5. The van der Waals surface area contributed by atoms with Gasteiger partial charge in [0.1, 0.15) is 24.1 Å². The molecular weight excluding hydrogens is 600 g/mol. The first-order valence-corrected chi connectivity index (χ1v) is 16.5. The van der Waals surface area contributed by atoms with Gasteiger partial charge in [-0.15, -0.1) is 0 Å². The van der Waals surface area contributed by atoms with Crippen LogP contribution in [0.5, 0.6) is 0 Å². The van der Waals surface area contributed by atoms with E-state index >= 15 is 0 Å². The van der Waals surface area contributed by atoms with Crippen LogP contribution in [-0.2, 0) is 41.6 Å². The summed E-state index contributed by atoms with van der Waals surface area (Å²) in [6.07, 6.45) is -3.80. The molecule has 2 amide bonds. The van der Waals surface area contributed by atoms with Crippen LogP contribution >= 0.6 is 15.2 Å². The third-order valence-corrected chi connectivity index (χ3v) is 11.6. The highest BCUT2D eigenvalue weighted by Gasteiger charge is 2.52. The molecule has 0 saturated carbocycles. The van der Waals surface area contributed by atoms with E-state index in [1.165, 1.54) is 17.2 Å². The predicted molar refractivity (Wildman–Crippen MR) is 147 cm³/mol. The van der Waals surface area contributed by atoms with Gasteiger partial charge in [0.25, 0.3) is 5.91 Å². The van der Waals surface area contributed by atoms with Gasteiger partial charge in [0, 0.05) is 13.0 Å². The topological polar surface area (TPSA) is 249 Å². The molecule has 3 heterocycles. The lowest BCUT2D eigenvalue weighted by atomic mass is 10.1. The van der Waals surface area contributed by atoms with E-state index in [0.29, 0.717) is 0 Å². The molecule has 0 spiro atoms. The average molecular weight is 638 g/mol. The molecule has 0 aromatic carbocycles. The SMILES string of the molecule is CCOP(=O)(OCC)C(NC(=O)CCNC(=O)[C@H]1O[C@@H](n2cnc3c(N)ncnc32)[C@H](O)[C@@H]1O)P(=O)(OCC)OCC. The summed E-state index contributed by atoms with van der Waals surface area (Å²) in [5, 5.41) is 25.9. The van der Waals surface area contributed by atoms with Gasteiger partial charge in [-0.05, 0) is 27.7 Å². The van der Waals surface area contributed by atoms with Gasteiger partial charge < -0.3 is 49.4 Å². The lowest BCUT2D eigenvalue weighted by Gasteiger charge is -2.31. The summed E-state index contributed by atoms with van der Waals surface area (Å²) in [6, 6.07) is 0. The number of rotatable bonds is 16. The number of imidazole rings is 1. The van der Waals surface area contributed by atoms with Crippen LogP contribution in [0.4, 0.5) is 5.82 Å². The number of ether oxygens (including phenoxy) is 1. The molecule has 236 valence electrons. The van der Waals surface area contributed by atoms with Gasteiger partial charge in [-0.1, -0.05) is 0 Å². The van der Waals surface area contributed by atoms with Crippen LogP contribution in [-0.4, -0.2) is 98.4 Å². The first-order chi connectivity index (χ1) is 20.0. The van der Waals surface area contributed by atoms with Crippen molar-refractivity contribution in [3.05, 3.63) is 12.7 Å². The number of hydrogen-bond acceptors (Lipinski definition) is 15. The van der Waals surface area contributed by atoms with Gasteiger partial charge in [-0.2, -0.15) is 0 Å². The Balaban J connectivity index is 1.67. The van der Waals surface area contributed by atoms with Gasteiger partial charge in [0.05, 0.1) is 32.8 Å². The van der Waals surface area contributed by atoms with Crippen molar-refractivity contribution in [2.24, 2.45) is 0 Å². The third kappa shape index (κ3) is 7.33. The number of fused-ring (bicyclic) bond motifs is 1. The molecule has 6 N–H and O–H groups in total. The summed E-state index contributed by atoms with van der Waals surface area (Å²) in [4.78, 5) is 37.7. The molecule has 1 aliphatic heterocycles. The second-order valence-electron chi connectivity index (χ2n) is 8.74. The number of carbonyl (C=O) groups is 2. The van der Waals surface area contributed by atoms with Crippen molar-refractivity contribution >= 4 is 44.0 Å². The monoisotopic (exact) mass is 637 g/mol. The van der Waals surface area contributed by atoms with Crippen molar-refractivity contribution in [3.63, 3.8) is 0 Å². The average Bonchev–Trinajstić information content (AvgIpc) is 3.49. The van der Waals surface area contributed by atoms with Crippen LogP contribution in [0.25, 0.3) is 11.2 Å². The Kier molecular flexibility index (Phi) is 11.9. The maximum Gasteiger partial charge on any atom is 0.365 e. The van der Waals surface area contributed by atoms with E-state index in [9.17, 15) is 28.9 Å². The van der Waals surface area contributed by atoms with Gasteiger partial charge in [-0.3, -0.25) is 23.3 Å². The van der Waals surface area contributed by atoms with Crippen LogP contribution in [0.2, 0.25) is 0 Å². The Bertz CT molecular complexity index is 1280. The van der Waals surface area contributed by atoms with Crippen molar-refractivity contribution in [2.75, 3.05) is 38.7 Å². The normalized spacial score (nSPS) is 21.2. The van der Waals surface area contributed by atoms with Gasteiger partial charge >= 0.3 is 15.2 Å². The summed E-state index contributed by atoms with van der Waals surface area (Å²) >= 11 is 0. The summed E-state index contributed by atoms with van der Waals surface area (Å²) in [5.74, 6) is -1.51. The molecule has 0 aliphatic carbocycles. The first kappa shape index (κ1) is 34.0. The van der Waals surface area contributed by atoms with E-state index in [1.807, 2.05) is 0 Å². The number of amides is 2. The van der Waals surface area contributed by atoms with Crippen LogP contribution in [0, 0.1) is 0 Å². The number of carbonyl (C=O) groups excluding carboxylic acids is 2. The molecule has 0 radical (unpaired) electrons. The number of nitrogens with zero attached hydrogens (tertiary/aromatic N) is 4. The summed E-state index contributed by atoms with van der Waals surface area (Å²) in [7, 11) is -8.47. The molecule has 1 fully saturated rings. The zero-order chi connectivity index (χ0) is 31.1. The minimum atomic E-state index is -4.24. The van der Waals surface area contributed by atoms with Gasteiger partial charge in [0.15, 0.2) is 23.8 Å². The second-order valence-corrected chi connectivity index (χ2v) is 13.4. The smallest absolute Gasteiger partial charge is 0.365 e. The molecule has 2 aromatic rings. The highest BCUT2D eigenvalue weighted by Crippen LogP contribution is 2.69. The molecular formula is C22H37N7O11P2. The fourth-order valence-corrected chi connectivity index (χ4v) is 9.13. The molecule has 2 aromatic heterocycles. The molecule has 4 atom stereocenters. The Morgan fingerprint density at radius 3 is 2.12 bits per heavy atom. The number of aliphatic hydroxyl groups excluding tert-OH is 2. The van der Waals surface area contributed by atoms with Crippen LogP contribution in [0.15, 0.2) is 12.7 Å². The molecule has 20 heteroatoms. The zero-order valence-corrected chi connectivity index (χ0v) is 25.4. The highest BCUT2D eigenvalue weighted by molar-refractivity contribution is 7.72. The lowest BCUT2D eigenvalue weighted by Crippen LogP contribution is -2.44. The fourth-order valence-electron chi connectivity index (χ4n) is 4.19. The number of aliphatic hydroxyl groups is 2. The van der Waals surface area contributed by atoms with Crippen LogP contribution in [0.1, 0.15) is 40.3 Å². The van der Waals surface area contributed by atoms with Crippen molar-refractivity contribution in [3.8, 4) is 0 Å². The van der Waals surface area contributed by atoms with E-state index < -0.39 is 57.1 Å². The van der Waals surface area contributed by atoms with Gasteiger partial charge in [-0.25, -0.2) is 15.0 Å². The fraction of sp³-hybridized carbons (Fsp3) is 0.682. The van der Waals surface area contributed by atoms with Crippen LogP contribution in [0.3, 0.4) is 0 Å². The molecule has 1 aliphatic rings. The largest absolute Gasteiger partial charge is 0.387 e. The number of nitrogen functional groups attached to an aromatic ring is 1. The summed E-state index contributed by atoms with van der Waals surface area (Å²) in [6.45, 7) is 5.60. The molecule has 1 saturated heterocycles. The quantitative estimate of drug-likeness (QED) is 0.157. The Hall–Kier alpha value is -2.53. The minimum Gasteiger partial charge on any atom is -0.387 e. The Morgan fingerprint density at radius 1 is 1.00 bits per heavy atom. The molecule has 0 unspecified atom stereocenters. The number of hydrogen-bond donors (Lipinski definition) is 5. The van der Waals surface area contributed by atoms with Gasteiger partial charge in [0.2, 0.25) is 11.4 Å². The summed E-state index contributed by atoms with van der Waals surface area (Å²) in [5.41, 5.74) is 4.48. The zero-order valence-electron chi connectivity index (χ0n) is 23.6. The number of nitrogens with one attached hydrogen (secondary N) is 2. The van der Waals surface area contributed by atoms with Crippen LogP contribution < -0.4 is 16.4 Å². The number of aromatic nitrogens is 4. The third-order valence-electron chi connectivity index (χ3n) is 5.93. The maximum atomic E-state index is 13.5. The minimum absolute atomic E-state index is 0.0796.